The molecule has 0 radical (unpaired) electrons. The van der Waals surface area contributed by atoms with Crippen LogP contribution in [0.15, 0.2) is 72.8 Å². The highest BCUT2D eigenvalue weighted by Crippen LogP contribution is 2.27. The molecule has 3 aromatic rings. The van der Waals surface area contributed by atoms with Gasteiger partial charge in [-0.2, -0.15) is 0 Å². The molecule has 0 saturated carbocycles. The molecule has 3 amide bonds. The summed E-state index contributed by atoms with van der Waals surface area (Å²) in [5.41, 5.74) is 3.68. The molecule has 3 aromatic carbocycles. The van der Waals surface area contributed by atoms with Gasteiger partial charge in [0.1, 0.15) is 0 Å². The van der Waals surface area contributed by atoms with Crippen LogP contribution in [-0.2, 0) is 11.3 Å². The second-order valence-corrected chi connectivity index (χ2v) is 8.01. The van der Waals surface area contributed by atoms with Crippen molar-refractivity contribution in [2.24, 2.45) is 0 Å². The molecule has 2 aliphatic heterocycles. The molecule has 2 heterocycles. The van der Waals surface area contributed by atoms with E-state index < -0.39 is 0 Å². The summed E-state index contributed by atoms with van der Waals surface area (Å²) in [5, 5.41) is 3.01. The molecule has 1 N–H and O–H groups in total. The van der Waals surface area contributed by atoms with Crippen LogP contribution in [0, 0.1) is 0 Å². The van der Waals surface area contributed by atoms with Crippen LogP contribution in [0.25, 0.3) is 0 Å². The number of amides is 3. The number of benzene rings is 3. The Morgan fingerprint density at radius 2 is 1.52 bits per heavy atom. The van der Waals surface area contributed by atoms with Gasteiger partial charge in [-0.1, -0.05) is 36.4 Å². The number of carbonyl (C=O) groups is 3. The van der Waals surface area contributed by atoms with Crippen molar-refractivity contribution in [1.82, 2.24) is 4.90 Å². The minimum absolute atomic E-state index is 0.109. The van der Waals surface area contributed by atoms with E-state index in [-0.39, 0.29) is 24.3 Å². The molecule has 2 aliphatic rings. The van der Waals surface area contributed by atoms with Crippen molar-refractivity contribution in [3.8, 4) is 0 Å². The van der Waals surface area contributed by atoms with Gasteiger partial charge in [0.2, 0.25) is 0 Å². The van der Waals surface area contributed by atoms with Crippen LogP contribution >= 0.6 is 0 Å². The molecule has 0 unspecified atom stereocenters. The van der Waals surface area contributed by atoms with Gasteiger partial charge in [0, 0.05) is 18.7 Å². The molecule has 0 aliphatic carbocycles. The van der Waals surface area contributed by atoms with Crippen molar-refractivity contribution in [3.05, 3.63) is 95.1 Å². The van der Waals surface area contributed by atoms with Gasteiger partial charge >= 0.3 is 0 Å². The first-order valence-corrected chi connectivity index (χ1v) is 10.9. The number of ether oxygens (including phenoxy) is 1. The molecule has 166 valence electrons. The van der Waals surface area contributed by atoms with E-state index in [9.17, 15) is 14.4 Å². The van der Waals surface area contributed by atoms with Gasteiger partial charge < -0.3 is 15.0 Å². The fourth-order valence-electron chi connectivity index (χ4n) is 4.23. The number of fused-ring (bicyclic) bond motifs is 1. The van der Waals surface area contributed by atoms with Crippen molar-refractivity contribution in [1.29, 1.82) is 0 Å². The van der Waals surface area contributed by atoms with E-state index in [1.807, 2.05) is 30.3 Å². The fraction of sp³-hybridized carbons (Fsp3) is 0.192. The Morgan fingerprint density at radius 1 is 0.848 bits per heavy atom. The summed E-state index contributed by atoms with van der Waals surface area (Å²) in [6.45, 7) is 2.95. The number of carbonyl (C=O) groups excluding carboxylic acids is 3. The minimum Gasteiger partial charge on any atom is -0.378 e. The SMILES string of the molecule is O=C(Nc1ccccc1N1CCOCC1)c1cccc(CN2C(=O)c3ccccc3C2=O)c1. The predicted molar refractivity (Wildman–Crippen MR) is 125 cm³/mol. The minimum atomic E-state index is -0.315. The first-order valence-electron chi connectivity index (χ1n) is 10.9. The maximum Gasteiger partial charge on any atom is 0.261 e. The Kier molecular flexibility index (Phi) is 5.62. The Labute approximate surface area is 191 Å². The highest BCUT2D eigenvalue weighted by atomic mass is 16.5. The van der Waals surface area contributed by atoms with Gasteiger partial charge in [-0.15, -0.1) is 0 Å². The maximum absolute atomic E-state index is 13.0. The van der Waals surface area contributed by atoms with E-state index in [0.717, 1.165) is 24.5 Å². The number of nitrogens with zero attached hydrogens (tertiary/aromatic N) is 2. The van der Waals surface area contributed by atoms with Gasteiger partial charge in [-0.05, 0) is 42.0 Å². The molecule has 0 aromatic heterocycles. The molecule has 0 bridgehead atoms. The summed E-state index contributed by atoms with van der Waals surface area (Å²) in [5.74, 6) is -0.880. The van der Waals surface area contributed by atoms with Gasteiger partial charge in [0.15, 0.2) is 0 Å². The van der Waals surface area contributed by atoms with Gasteiger partial charge in [0.25, 0.3) is 17.7 Å². The van der Waals surface area contributed by atoms with Crippen molar-refractivity contribution in [2.45, 2.75) is 6.54 Å². The standard InChI is InChI=1S/C26H23N3O4/c30-24(27-22-10-3-4-11-23(22)28-12-14-33-15-13-28)19-7-5-6-18(16-19)17-29-25(31)20-8-1-2-9-21(20)26(29)32/h1-11,16H,12-15,17H2,(H,27,30). The highest BCUT2D eigenvalue weighted by molar-refractivity contribution is 6.21. The molecule has 7 nitrogen and oxygen atoms in total. The molecule has 0 spiro atoms. The third-order valence-electron chi connectivity index (χ3n) is 5.91. The summed E-state index contributed by atoms with van der Waals surface area (Å²) in [4.78, 5) is 41.8. The topological polar surface area (TPSA) is 79.0 Å². The lowest BCUT2D eigenvalue weighted by atomic mass is 10.1. The average Bonchev–Trinajstić information content (AvgIpc) is 3.10. The molecule has 5 rings (SSSR count). The lowest BCUT2D eigenvalue weighted by Gasteiger charge is -2.30. The largest absolute Gasteiger partial charge is 0.378 e. The number of imide groups is 1. The van der Waals surface area contributed by atoms with Crippen LogP contribution < -0.4 is 10.2 Å². The van der Waals surface area contributed by atoms with Crippen LogP contribution in [0.3, 0.4) is 0 Å². The third-order valence-corrected chi connectivity index (χ3v) is 5.91. The molecular weight excluding hydrogens is 418 g/mol. The molecule has 0 atom stereocenters. The van der Waals surface area contributed by atoms with Crippen molar-refractivity contribution < 1.29 is 19.1 Å². The van der Waals surface area contributed by atoms with Gasteiger partial charge in [-0.3, -0.25) is 19.3 Å². The number of morpholine rings is 1. The van der Waals surface area contributed by atoms with E-state index in [1.54, 1.807) is 42.5 Å². The van der Waals surface area contributed by atoms with Crippen molar-refractivity contribution in [2.75, 3.05) is 36.5 Å². The van der Waals surface area contributed by atoms with E-state index in [1.165, 1.54) is 4.90 Å². The van der Waals surface area contributed by atoms with Crippen LogP contribution in [-0.4, -0.2) is 48.9 Å². The Hall–Kier alpha value is -3.97. The first kappa shape index (κ1) is 20.9. The van der Waals surface area contributed by atoms with Gasteiger partial charge in [0.05, 0.1) is 42.3 Å². The molecule has 7 heteroatoms. The monoisotopic (exact) mass is 441 g/mol. The maximum atomic E-state index is 13.0. The summed E-state index contributed by atoms with van der Waals surface area (Å²) in [7, 11) is 0. The fourth-order valence-corrected chi connectivity index (χ4v) is 4.23. The van der Waals surface area contributed by atoms with E-state index in [2.05, 4.69) is 10.2 Å². The van der Waals surface area contributed by atoms with Gasteiger partial charge in [-0.25, -0.2) is 0 Å². The molecular formula is C26H23N3O4. The molecule has 1 saturated heterocycles. The van der Waals surface area contributed by atoms with Crippen LogP contribution in [0.2, 0.25) is 0 Å². The summed E-state index contributed by atoms with van der Waals surface area (Å²) < 4.78 is 5.43. The molecule has 33 heavy (non-hydrogen) atoms. The van der Waals surface area contributed by atoms with Crippen LogP contribution in [0.4, 0.5) is 11.4 Å². The summed E-state index contributed by atoms with van der Waals surface area (Å²) in [6, 6.07) is 21.5. The number of nitrogens with one attached hydrogen (secondary N) is 1. The summed E-state index contributed by atoms with van der Waals surface area (Å²) in [6.07, 6.45) is 0. The quantitative estimate of drug-likeness (QED) is 0.613. The smallest absolute Gasteiger partial charge is 0.261 e. The first-order chi connectivity index (χ1) is 16.1. The van der Waals surface area contributed by atoms with E-state index in [0.29, 0.717) is 35.5 Å². The van der Waals surface area contributed by atoms with E-state index >= 15 is 0 Å². The number of hydrogen-bond donors (Lipinski definition) is 1. The normalized spacial score (nSPS) is 15.5. The lowest BCUT2D eigenvalue weighted by Crippen LogP contribution is -2.36. The zero-order valence-electron chi connectivity index (χ0n) is 18.0. The number of rotatable bonds is 5. The summed E-state index contributed by atoms with van der Waals surface area (Å²) >= 11 is 0. The Balaban J connectivity index is 1.33. The second-order valence-electron chi connectivity index (χ2n) is 8.01. The van der Waals surface area contributed by atoms with Crippen molar-refractivity contribution >= 4 is 29.1 Å². The van der Waals surface area contributed by atoms with E-state index in [4.69, 9.17) is 4.74 Å². The lowest BCUT2D eigenvalue weighted by molar-refractivity contribution is 0.0642. The Bertz CT molecular complexity index is 1200. The van der Waals surface area contributed by atoms with Crippen molar-refractivity contribution in [3.63, 3.8) is 0 Å². The average molecular weight is 441 g/mol. The predicted octanol–water partition coefficient (Wildman–Crippen LogP) is 3.57. The highest BCUT2D eigenvalue weighted by Gasteiger charge is 2.35. The zero-order valence-corrected chi connectivity index (χ0v) is 18.0. The number of hydrogen-bond acceptors (Lipinski definition) is 5. The third kappa shape index (κ3) is 4.10. The number of anilines is 2. The van der Waals surface area contributed by atoms with Crippen LogP contribution in [0.5, 0.6) is 0 Å². The zero-order chi connectivity index (χ0) is 22.8. The molecule has 1 fully saturated rings. The number of para-hydroxylation sites is 2. The Morgan fingerprint density at radius 3 is 2.24 bits per heavy atom. The van der Waals surface area contributed by atoms with Crippen LogP contribution in [0.1, 0.15) is 36.6 Å². The second kappa shape index (κ2) is 8.88.